The Labute approximate surface area is 123 Å². The fourth-order valence-corrected chi connectivity index (χ4v) is 2.20. The van der Waals surface area contributed by atoms with Crippen LogP contribution in [0.3, 0.4) is 0 Å². The van der Waals surface area contributed by atoms with E-state index < -0.39 is 17.6 Å². The van der Waals surface area contributed by atoms with E-state index in [9.17, 15) is 9.18 Å². The van der Waals surface area contributed by atoms with Gasteiger partial charge in [-0.05, 0) is 44.2 Å². The summed E-state index contributed by atoms with van der Waals surface area (Å²) in [7, 11) is 0. The van der Waals surface area contributed by atoms with Crippen molar-refractivity contribution in [2.75, 3.05) is 0 Å². The van der Waals surface area contributed by atoms with E-state index in [1.165, 1.54) is 6.07 Å². The number of fused-ring (bicyclic) bond motifs is 1. The smallest absolute Gasteiger partial charge is 0.323 e. The van der Waals surface area contributed by atoms with E-state index in [1.807, 2.05) is 12.1 Å². The molecule has 0 spiro atoms. The van der Waals surface area contributed by atoms with Crippen LogP contribution in [0.2, 0.25) is 0 Å². The molecular weight excluding hydrogens is 269 g/mol. The molecule has 0 saturated heterocycles. The number of nitrogens with two attached hydrogens (primary N) is 1. The van der Waals surface area contributed by atoms with Gasteiger partial charge in [0.15, 0.2) is 0 Å². The average molecular weight is 289 g/mol. The highest BCUT2D eigenvalue weighted by Gasteiger charge is 2.23. The van der Waals surface area contributed by atoms with Gasteiger partial charge in [0.1, 0.15) is 17.5 Å². The van der Waals surface area contributed by atoms with Gasteiger partial charge in [-0.15, -0.1) is 0 Å². The number of carbonyl (C=O) groups is 1. The van der Waals surface area contributed by atoms with Gasteiger partial charge < -0.3 is 10.5 Å². The molecule has 2 aromatic rings. The third-order valence-electron chi connectivity index (χ3n) is 3.11. The van der Waals surface area contributed by atoms with Gasteiger partial charge in [-0.2, -0.15) is 0 Å². The van der Waals surface area contributed by atoms with Crippen molar-refractivity contribution in [3.8, 4) is 0 Å². The zero-order chi connectivity index (χ0) is 15.6. The van der Waals surface area contributed by atoms with Crippen LogP contribution in [0, 0.1) is 5.82 Å². The maximum atomic E-state index is 13.8. The molecule has 2 rings (SSSR count). The van der Waals surface area contributed by atoms with Gasteiger partial charge in [-0.25, -0.2) is 4.39 Å². The van der Waals surface area contributed by atoms with Crippen molar-refractivity contribution in [2.24, 2.45) is 5.73 Å². The van der Waals surface area contributed by atoms with E-state index in [-0.39, 0.29) is 5.82 Å². The molecule has 2 aromatic carbocycles. The third kappa shape index (κ3) is 3.79. The van der Waals surface area contributed by atoms with Crippen LogP contribution in [0.5, 0.6) is 0 Å². The summed E-state index contributed by atoms with van der Waals surface area (Å²) in [5.41, 5.74) is 6.19. The third-order valence-corrected chi connectivity index (χ3v) is 3.11. The molecule has 0 saturated carbocycles. The summed E-state index contributed by atoms with van der Waals surface area (Å²) < 4.78 is 19.0. The van der Waals surface area contributed by atoms with Crippen LogP contribution in [0.4, 0.5) is 4.39 Å². The summed E-state index contributed by atoms with van der Waals surface area (Å²) in [6.45, 7) is 5.39. The molecule has 4 heteroatoms. The summed E-state index contributed by atoms with van der Waals surface area (Å²) in [5.74, 6) is -0.726. The largest absolute Gasteiger partial charge is 0.459 e. The van der Waals surface area contributed by atoms with Crippen LogP contribution in [-0.2, 0) is 16.0 Å². The van der Waals surface area contributed by atoms with E-state index in [0.717, 1.165) is 10.9 Å². The maximum absolute atomic E-state index is 13.8. The molecule has 1 atom stereocenters. The Kier molecular flexibility index (Phi) is 4.28. The van der Waals surface area contributed by atoms with Gasteiger partial charge >= 0.3 is 5.97 Å². The van der Waals surface area contributed by atoms with Crippen LogP contribution >= 0.6 is 0 Å². The van der Waals surface area contributed by atoms with Crippen LogP contribution in [0.15, 0.2) is 36.4 Å². The van der Waals surface area contributed by atoms with Crippen molar-refractivity contribution in [1.29, 1.82) is 0 Å². The van der Waals surface area contributed by atoms with Gasteiger partial charge in [-0.3, -0.25) is 4.79 Å². The minimum Gasteiger partial charge on any atom is -0.459 e. The number of hydrogen-bond donors (Lipinski definition) is 1. The standard InChI is InChI=1S/C17H20FNO2/c1-17(2,3)21-16(20)15(19)10-11-8-9-14(18)13-7-5-4-6-12(11)13/h4-9,15H,10,19H2,1-3H3/t15-/m0/s1. The SMILES string of the molecule is CC(C)(C)OC(=O)[C@@H](N)Cc1ccc(F)c2ccccc12. The highest BCUT2D eigenvalue weighted by atomic mass is 19.1. The van der Waals surface area contributed by atoms with Crippen molar-refractivity contribution < 1.29 is 13.9 Å². The molecule has 0 aromatic heterocycles. The molecule has 0 amide bonds. The van der Waals surface area contributed by atoms with Crippen LogP contribution < -0.4 is 5.73 Å². The van der Waals surface area contributed by atoms with Gasteiger partial charge in [0, 0.05) is 5.39 Å². The first-order valence-electron chi connectivity index (χ1n) is 6.92. The van der Waals surface area contributed by atoms with Crippen LogP contribution in [-0.4, -0.2) is 17.6 Å². The Morgan fingerprint density at radius 1 is 1.19 bits per heavy atom. The lowest BCUT2D eigenvalue weighted by Crippen LogP contribution is -2.38. The molecule has 0 radical (unpaired) electrons. The minimum atomic E-state index is -0.766. The summed E-state index contributed by atoms with van der Waals surface area (Å²) >= 11 is 0. The first-order chi connectivity index (χ1) is 9.78. The van der Waals surface area contributed by atoms with Crippen LogP contribution in [0.25, 0.3) is 10.8 Å². The Bertz CT molecular complexity index is 661. The fraction of sp³-hybridized carbons (Fsp3) is 0.353. The number of esters is 1. The number of benzene rings is 2. The van der Waals surface area contributed by atoms with E-state index in [0.29, 0.717) is 11.8 Å². The Morgan fingerprint density at radius 2 is 1.81 bits per heavy atom. The number of hydrogen-bond acceptors (Lipinski definition) is 3. The second kappa shape index (κ2) is 5.82. The average Bonchev–Trinajstić information content (AvgIpc) is 2.40. The summed E-state index contributed by atoms with van der Waals surface area (Å²) in [6, 6.07) is 9.47. The van der Waals surface area contributed by atoms with E-state index in [1.54, 1.807) is 39.0 Å². The molecule has 21 heavy (non-hydrogen) atoms. The zero-order valence-corrected chi connectivity index (χ0v) is 12.5. The lowest BCUT2D eigenvalue weighted by atomic mass is 9.98. The van der Waals surface area contributed by atoms with Gasteiger partial charge in [0.25, 0.3) is 0 Å². The first kappa shape index (κ1) is 15.4. The van der Waals surface area contributed by atoms with Gasteiger partial charge in [-0.1, -0.05) is 30.3 Å². The van der Waals surface area contributed by atoms with Gasteiger partial charge in [0.2, 0.25) is 0 Å². The lowest BCUT2D eigenvalue weighted by molar-refractivity contribution is -0.156. The van der Waals surface area contributed by atoms with Crippen molar-refractivity contribution in [2.45, 2.75) is 38.8 Å². The minimum absolute atomic E-state index is 0.278. The van der Waals surface area contributed by atoms with Gasteiger partial charge in [0.05, 0.1) is 0 Å². The predicted octanol–water partition coefficient (Wildman–Crippen LogP) is 3.19. The second-order valence-corrected chi connectivity index (χ2v) is 6.10. The van der Waals surface area contributed by atoms with Crippen molar-refractivity contribution in [3.05, 3.63) is 47.8 Å². The molecule has 0 bridgehead atoms. The molecule has 0 heterocycles. The normalized spacial score (nSPS) is 13.2. The number of halogens is 1. The van der Waals surface area contributed by atoms with Crippen molar-refractivity contribution >= 4 is 16.7 Å². The first-order valence-corrected chi connectivity index (χ1v) is 6.92. The van der Waals surface area contributed by atoms with E-state index in [2.05, 4.69) is 0 Å². The summed E-state index contributed by atoms with van der Waals surface area (Å²) in [5, 5.41) is 1.31. The Hall–Kier alpha value is -1.94. The molecule has 3 nitrogen and oxygen atoms in total. The number of rotatable bonds is 3. The lowest BCUT2D eigenvalue weighted by Gasteiger charge is -2.22. The molecular formula is C17H20FNO2. The van der Waals surface area contributed by atoms with Crippen LogP contribution in [0.1, 0.15) is 26.3 Å². The number of carbonyl (C=O) groups excluding carboxylic acids is 1. The molecule has 0 fully saturated rings. The van der Waals surface area contributed by atoms with E-state index in [4.69, 9.17) is 10.5 Å². The van der Waals surface area contributed by atoms with E-state index >= 15 is 0 Å². The predicted molar refractivity (Wildman–Crippen MR) is 81.4 cm³/mol. The monoisotopic (exact) mass is 289 g/mol. The quantitative estimate of drug-likeness (QED) is 0.883. The fourth-order valence-electron chi connectivity index (χ4n) is 2.20. The molecule has 0 aliphatic heterocycles. The number of ether oxygens (including phenoxy) is 1. The zero-order valence-electron chi connectivity index (χ0n) is 12.5. The second-order valence-electron chi connectivity index (χ2n) is 6.10. The topological polar surface area (TPSA) is 52.3 Å². The highest BCUT2D eigenvalue weighted by Crippen LogP contribution is 2.23. The highest BCUT2D eigenvalue weighted by molar-refractivity contribution is 5.87. The molecule has 0 aliphatic rings. The Morgan fingerprint density at radius 3 is 2.43 bits per heavy atom. The summed E-state index contributed by atoms with van der Waals surface area (Å²) in [6.07, 6.45) is 0.315. The molecule has 0 unspecified atom stereocenters. The molecule has 2 N–H and O–H groups in total. The van der Waals surface area contributed by atoms with Crippen molar-refractivity contribution in [1.82, 2.24) is 0 Å². The molecule has 112 valence electrons. The van der Waals surface area contributed by atoms with Crippen molar-refractivity contribution in [3.63, 3.8) is 0 Å². The maximum Gasteiger partial charge on any atom is 0.323 e. The summed E-state index contributed by atoms with van der Waals surface area (Å²) in [4.78, 5) is 11.9. The Balaban J connectivity index is 2.24. The molecule has 0 aliphatic carbocycles.